The van der Waals surface area contributed by atoms with Crippen molar-refractivity contribution in [1.82, 2.24) is 4.98 Å². The highest BCUT2D eigenvalue weighted by Gasteiger charge is 2.33. The topological polar surface area (TPSA) is 48.4 Å². The first-order chi connectivity index (χ1) is 7.91. The van der Waals surface area contributed by atoms with Crippen molar-refractivity contribution in [3.05, 3.63) is 17.3 Å². The third-order valence-corrected chi connectivity index (χ3v) is 1.74. The molecule has 0 aromatic carbocycles. The first kappa shape index (κ1) is 13.2. The monoisotopic (exact) mass is 253 g/mol. The molecule has 0 atom stereocenters. The van der Waals surface area contributed by atoms with Gasteiger partial charge in [-0.25, -0.2) is 9.37 Å². The molecule has 0 fully saturated rings. The van der Waals surface area contributed by atoms with E-state index in [4.69, 9.17) is 0 Å². The third-order valence-electron chi connectivity index (χ3n) is 1.74. The Morgan fingerprint density at radius 3 is 2.53 bits per heavy atom. The van der Waals surface area contributed by atoms with Gasteiger partial charge in [-0.15, -0.1) is 13.2 Å². The molecule has 1 aromatic rings. The highest BCUT2D eigenvalue weighted by molar-refractivity contribution is 5.75. The number of ether oxygens (including phenoxy) is 2. The maximum Gasteiger partial charge on any atom is 0.573 e. The summed E-state index contributed by atoms with van der Waals surface area (Å²) in [7, 11) is 1.05. The van der Waals surface area contributed by atoms with E-state index < -0.39 is 24.7 Å². The normalized spacial score (nSPS) is 11.1. The van der Waals surface area contributed by atoms with Crippen molar-refractivity contribution in [1.29, 1.82) is 0 Å². The lowest BCUT2D eigenvalue weighted by Crippen LogP contribution is -2.18. The fraction of sp³-hybridized carbons (Fsp3) is 0.333. The number of carbonyl (C=O) groups excluding carboxylic acids is 1. The van der Waals surface area contributed by atoms with Crippen LogP contribution < -0.4 is 9.47 Å². The van der Waals surface area contributed by atoms with Gasteiger partial charge in [-0.05, 0) is 6.07 Å². The van der Waals surface area contributed by atoms with Gasteiger partial charge in [0.2, 0.25) is 0 Å². The molecule has 0 aliphatic carbocycles. The van der Waals surface area contributed by atoms with E-state index >= 15 is 0 Å². The second-order valence-corrected chi connectivity index (χ2v) is 2.84. The Labute approximate surface area is 93.2 Å². The number of nitrogens with zero attached hydrogens (tertiary/aromatic N) is 1. The molecular formula is C9H7F4NO3. The summed E-state index contributed by atoms with van der Waals surface area (Å²) in [6, 6.07) is 0.725. The van der Waals surface area contributed by atoms with E-state index in [0.717, 1.165) is 13.2 Å². The smallest absolute Gasteiger partial charge is 0.478 e. The molecule has 1 aromatic heterocycles. The van der Waals surface area contributed by atoms with Crippen molar-refractivity contribution in [2.75, 3.05) is 7.11 Å². The average Bonchev–Trinajstić information content (AvgIpc) is 2.26. The Hall–Kier alpha value is -1.86. The minimum absolute atomic E-state index is 0.217. The van der Waals surface area contributed by atoms with Crippen LogP contribution in [0.25, 0.3) is 0 Å². The van der Waals surface area contributed by atoms with Gasteiger partial charge in [0.1, 0.15) is 12.4 Å². The molecule has 0 unspecified atom stereocenters. The SMILES string of the molecule is COc1nc(C=O)c(CF)cc1OC(F)(F)F. The molecule has 8 heteroatoms. The lowest BCUT2D eigenvalue weighted by Gasteiger charge is -2.13. The van der Waals surface area contributed by atoms with Gasteiger partial charge in [0.15, 0.2) is 12.0 Å². The summed E-state index contributed by atoms with van der Waals surface area (Å²) in [5.74, 6) is -1.33. The maximum absolute atomic E-state index is 12.4. The summed E-state index contributed by atoms with van der Waals surface area (Å²) in [5.41, 5.74) is -0.640. The quantitative estimate of drug-likeness (QED) is 0.610. The Kier molecular flexibility index (Phi) is 3.87. The number of pyridine rings is 1. The zero-order chi connectivity index (χ0) is 13.1. The van der Waals surface area contributed by atoms with Gasteiger partial charge in [-0.3, -0.25) is 4.79 Å². The van der Waals surface area contributed by atoms with Gasteiger partial charge in [-0.1, -0.05) is 0 Å². The van der Waals surface area contributed by atoms with E-state index in [9.17, 15) is 22.4 Å². The standard InChI is InChI=1S/C9H7F4NO3/c1-16-8-7(17-9(11,12)13)2-5(3-10)6(4-15)14-8/h2,4H,3H2,1H3. The third kappa shape index (κ3) is 3.30. The lowest BCUT2D eigenvalue weighted by molar-refractivity contribution is -0.275. The molecular weight excluding hydrogens is 246 g/mol. The molecule has 0 aliphatic rings. The average molecular weight is 253 g/mol. The van der Waals surface area contributed by atoms with Crippen molar-refractivity contribution in [2.45, 2.75) is 13.0 Å². The Balaban J connectivity index is 3.23. The molecule has 0 amide bonds. The number of methoxy groups -OCH3 is 1. The van der Waals surface area contributed by atoms with Gasteiger partial charge in [0.25, 0.3) is 5.88 Å². The van der Waals surface area contributed by atoms with Crippen LogP contribution in [0.5, 0.6) is 11.6 Å². The van der Waals surface area contributed by atoms with Crippen molar-refractivity contribution in [2.24, 2.45) is 0 Å². The fourth-order valence-electron chi connectivity index (χ4n) is 1.08. The highest BCUT2D eigenvalue weighted by Crippen LogP contribution is 2.32. The van der Waals surface area contributed by atoms with Crippen LogP contribution in [0.1, 0.15) is 16.1 Å². The van der Waals surface area contributed by atoms with Crippen LogP contribution in [-0.2, 0) is 6.67 Å². The molecule has 0 N–H and O–H groups in total. The van der Waals surface area contributed by atoms with E-state index in [-0.39, 0.29) is 17.5 Å². The number of aldehydes is 1. The van der Waals surface area contributed by atoms with Crippen LogP contribution in [0.2, 0.25) is 0 Å². The maximum atomic E-state index is 12.4. The zero-order valence-electron chi connectivity index (χ0n) is 8.55. The second-order valence-electron chi connectivity index (χ2n) is 2.84. The highest BCUT2D eigenvalue weighted by atomic mass is 19.4. The minimum atomic E-state index is -4.95. The van der Waals surface area contributed by atoms with Crippen molar-refractivity contribution >= 4 is 6.29 Å². The molecule has 0 aliphatic heterocycles. The number of carbonyl (C=O) groups is 1. The number of rotatable bonds is 4. The summed E-state index contributed by atoms with van der Waals surface area (Å²) in [5, 5.41) is 0. The molecule has 0 bridgehead atoms. The van der Waals surface area contributed by atoms with Crippen LogP contribution >= 0.6 is 0 Å². The molecule has 0 saturated carbocycles. The number of halogens is 4. The zero-order valence-corrected chi connectivity index (χ0v) is 8.55. The van der Waals surface area contributed by atoms with E-state index in [1.807, 2.05) is 0 Å². The van der Waals surface area contributed by atoms with Crippen LogP contribution in [0, 0.1) is 0 Å². The summed E-state index contributed by atoms with van der Waals surface area (Å²) in [4.78, 5) is 13.9. The number of hydrogen-bond donors (Lipinski definition) is 0. The molecule has 0 saturated heterocycles. The Bertz CT molecular complexity index is 419. The predicted molar refractivity (Wildman–Crippen MR) is 47.7 cm³/mol. The number of hydrogen-bond acceptors (Lipinski definition) is 4. The van der Waals surface area contributed by atoms with E-state index in [1.54, 1.807) is 0 Å². The lowest BCUT2D eigenvalue weighted by atomic mass is 10.2. The van der Waals surface area contributed by atoms with Crippen molar-refractivity contribution in [3.63, 3.8) is 0 Å². The molecule has 17 heavy (non-hydrogen) atoms. The van der Waals surface area contributed by atoms with Gasteiger partial charge >= 0.3 is 6.36 Å². The van der Waals surface area contributed by atoms with Gasteiger partial charge in [-0.2, -0.15) is 0 Å². The van der Waals surface area contributed by atoms with Crippen LogP contribution in [0.3, 0.4) is 0 Å². The van der Waals surface area contributed by atoms with Crippen LogP contribution in [-0.4, -0.2) is 24.7 Å². The Morgan fingerprint density at radius 2 is 2.12 bits per heavy atom. The van der Waals surface area contributed by atoms with E-state index in [2.05, 4.69) is 14.5 Å². The molecule has 0 radical (unpaired) electrons. The number of alkyl halides is 4. The van der Waals surface area contributed by atoms with Crippen LogP contribution in [0.15, 0.2) is 6.07 Å². The largest absolute Gasteiger partial charge is 0.573 e. The fourth-order valence-corrected chi connectivity index (χ4v) is 1.08. The summed E-state index contributed by atoms with van der Waals surface area (Å²) >= 11 is 0. The Morgan fingerprint density at radius 1 is 1.47 bits per heavy atom. The molecule has 94 valence electrons. The van der Waals surface area contributed by atoms with Crippen LogP contribution in [0.4, 0.5) is 17.6 Å². The van der Waals surface area contributed by atoms with Gasteiger partial charge in [0.05, 0.1) is 7.11 Å². The minimum Gasteiger partial charge on any atom is -0.478 e. The van der Waals surface area contributed by atoms with Crippen molar-refractivity contribution in [3.8, 4) is 11.6 Å². The molecule has 1 heterocycles. The van der Waals surface area contributed by atoms with Gasteiger partial charge in [0, 0.05) is 5.56 Å². The van der Waals surface area contributed by atoms with Gasteiger partial charge < -0.3 is 9.47 Å². The number of aromatic nitrogens is 1. The van der Waals surface area contributed by atoms with E-state index in [0.29, 0.717) is 0 Å². The predicted octanol–water partition coefficient (Wildman–Crippen LogP) is 2.27. The van der Waals surface area contributed by atoms with Crippen molar-refractivity contribution < 1.29 is 31.8 Å². The summed E-state index contributed by atoms with van der Waals surface area (Å²) < 4.78 is 56.6. The summed E-state index contributed by atoms with van der Waals surface area (Å²) in [6.45, 7) is -1.14. The molecule has 0 spiro atoms. The molecule has 1 rings (SSSR count). The first-order valence-corrected chi connectivity index (χ1v) is 4.26. The molecule has 4 nitrogen and oxygen atoms in total. The van der Waals surface area contributed by atoms with E-state index in [1.165, 1.54) is 0 Å². The second kappa shape index (κ2) is 4.98. The summed E-state index contributed by atoms with van der Waals surface area (Å²) in [6.07, 6.45) is -4.74. The first-order valence-electron chi connectivity index (χ1n) is 4.26.